The van der Waals surface area contributed by atoms with Crippen molar-refractivity contribution in [2.75, 3.05) is 13.2 Å². The molecule has 0 bridgehead atoms. The zero-order valence-electron chi connectivity index (χ0n) is 11.2. The zero-order valence-corrected chi connectivity index (χ0v) is 12.1. The largest absolute Gasteiger partial charge is 0.395 e. The van der Waals surface area contributed by atoms with E-state index in [1.165, 1.54) is 16.4 Å². The first-order chi connectivity index (χ1) is 9.37. The van der Waals surface area contributed by atoms with Crippen LogP contribution in [0.5, 0.6) is 0 Å². The number of hydrogen-bond acceptors (Lipinski definition) is 4. The fraction of sp³-hybridized carbons (Fsp3) is 0.462. The number of carbonyl (C=O) groups is 1. The van der Waals surface area contributed by atoms with E-state index in [9.17, 15) is 18.3 Å². The summed E-state index contributed by atoms with van der Waals surface area (Å²) >= 11 is 0. The minimum atomic E-state index is -3.71. The van der Waals surface area contributed by atoms with Crippen LogP contribution in [-0.4, -0.2) is 42.9 Å². The molecule has 3 N–H and O–H groups in total. The fourth-order valence-electron chi connectivity index (χ4n) is 2.47. The number of aryl methyl sites for hydroxylation is 1. The number of aliphatic hydroxyl groups is 1. The first-order valence-corrected chi connectivity index (χ1v) is 7.85. The van der Waals surface area contributed by atoms with Crippen molar-refractivity contribution in [1.29, 1.82) is 0 Å². The van der Waals surface area contributed by atoms with Crippen molar-refractivity contribution in [3.05, 3.63) is 29.3 Å². The van der Waals surface area contributed by atoms with Crippen LogP contribution in [0.4, 0.5) is 0 Å². The van der Waals surface area contributed by atoms with E-state index >= 15 is 0 Å². The van der Waals surface area contributed by atoms with Gasteiger partial charge in [0.25, 0.3) is 0 Å². The molecule has 1 saturated heterocycles. The molecule has 0 unspecified atom stereocenters. The topological polar surface area (TPSA) is 101 Å². The van der Waals surface area contributed by atoms with E-state index in [2.05, 4.69) is 0 Å². The lowest BCUT2D eigenvalue weighted by Gasteiger charge is -2.22. The van der Waals surface area contributed by atoms with Gasteiger partial charge >= 0.3 is 0 Å². The van der Waals surface area contributed by atoms with Crippen LogP contribution in [0.3, 0.4) is 0 Å². The molecule has 1 aromatic rings. The van der Waals surface area contributed by atoms with Crippen LogP contribution in [0.2, 0.25) is 0 Å². The summed E-state index contributed by atoms with van der Waals surface area (Å²) in [5, 5.41) is 9.25. The third-order valence-electron chi connectivity index (χ3n) is 3.61. The Balaban J connectivity index is 2.44. The second-order valence-electron chi connectivity index (χ2n) is 4.94. The molecule has 1 atom stereocenters. The first kappa shape index (κ1) is 15.0. The molecule has 20 heavy (non-hydrogen) atoms. The van der Waals surface area contributed by atoms with Crippen molar-refractivity contribution < 1.29 is 18.3 Å². The molecule has 1 heterocycles. The van der Waals surface area contributed by atoms with Crippen LogP contribution in [0, 0.1) is 6.92 Å². The van der Waals surface area contributed by atoms with E-state index in [-0.39, 0.29) is 17.1 Å². The van der Waals surface area contributed by atoms with Crippen LogP contribution in [0.1, 0.15) is 28.8 Å². The molecule has 0 radical (unpaired) electrons. The molecule has 110 valence electrons. The average Bonchev–Trinajstić information content (AvgIpc) is 2.87. The molecular weight excluding hydrogens is 280 g/mol. The van der Waals surface area contributed by atoms with Gasteiger partial charge in [-0.05, 0) is 37.5 Å². The standard InChI is InChI=1S/C13H18N2O4S/c1-9-4-5-11(7-12(9)13(14)17)20(18,19)15-6-2-3-10(15)8-16/h4-5,7,10,16H,2-3,6,8H2,1H3,(H2,14,17)/t10-/m0/s1. The fourth-order valence-corrected chi connectivity index (χ4v) is 4.18. The molecule has 0 aromatic heterocycles. The highest BCUT2D eigenvalue weighted by Gasteiger charge is 2.35. The van der Waals surface area contributed by atoms with Crippen molar-refractivity contribution in [1.82, 2.24) is 4.31 Å². The molecule has 1 amide bonds. The van der Waals surface area contributed by atoms with Crippen LogP contribution in [-0.2, 0) is 10.0 Å². The first-order valence-electron chi connectivity index (χ1n) is 6.41. The summed E-state index contributed by atoms with van der Waals surface area (Å²) in [4.78, 5) is 11.4. The Morgan fingerprint density at radius 2 is 2.20 bits per heavy atom. The van der Waals surface area contributed by atoms with E-state index in [1.54, 1.807) is 13.0 Å². The molecule has 0 aliphatic carbocycles. The van der Waals surface area contributed by atoms with Gasteiger partial charge in [-0.3, -0.25) is 4.79 Å². The summed E-state index contributed by atoms with van der Waals surface area (Å²) in [7, 11) is -3.71. The molecule has 1 aliphatic rings. The Hall–Kier alpha value is -1.44. The van der Waals surface area contributed by atoms with Gasteiger partial charge in [-0.15, -0.1) is 0 Å². The second-order valence-corrected chi connectivity index (χ2v) is 6.83. The summed E-state index contributed by atoms with van der Waals surface area (Å²) in [5.41, 5.74) is 6.08. The Morgan fingerprint density at radius 1 is 1.50 bits per heavy atom. The number of benzene rings is 1. The van der Waals surface area contributed by atoms with Gasteiger partial charge < -0.3 is 10.8 Å². The van der Waals surface area contributed by atoms with Gasteiger partial charge in [0.2, 0.25) is 15.9 Å². The van der Waals surface area contributed by atoms with E-state index in [0.717, 1.165) is 6.42 Å². The SMILES string of the molecule is Cc1ccc(S(=O)(=O)N2CCC[C@H]2CO)cc1C(N)=O. The minimum absolute atomic E-state index is 0.0391. The van der Waals surface area contributed by atoms with E-state index in [4.69, 9.17) is 5.73 Å². The summed E-state index contributed by atoms with van der Waals surface area (Å²) in [6.07, 6.45) is 1.36. The van der Waals surface area contributed by atoms with Gasteiger partial charge in [-0.2, -0.15) is 4.31 Å². The summed E-state index contributed by atoms with van der Waals surface area (Å²) in [5.74, 6) is -0.653. The van der Waals surface area contributed by atoms with Crippen molar-refractivity contribution in [2.45, 2.75) is 30.7 Å². The van der Waals surface area contributed by atoms with Gasteiger partial charge in [0.05, 0.1) is 11.5 Å². The van der Waals surface area contributed by atoms with E-state index in [1.807, 2.05) is 0 Å². The predicted octanol–water partition coefficient (Wildman–Crippen LogP) is 0.239. The van der Waals surface area contributed by atoms with Crippen molar-refractivity contribution in [3.63, 3.8) is 0 Å². The highest BCUT2D eigenvalue weighted by molar-refractivity contribution is 7.89. The van der Waals surface area contributed by atoms with Crippen LogP contribution >= 0.6 is 0 Å². The average molecular weight is 298 g/mol. The van der Waals surface area contributed by atoms with Gasteiger partial charge in [-0.25, -0.2) is 8.42 Å². The van der Waals surface area contributed by atoms with Crippen molar-refractivity contribution in [3.8, 4) is 0 Å². The lowest BCUT2D eigenvalue weighted by molar-refractivity contribution is 0.0999. The number of hydrogen-bond donors (Lipinski definition) is 2. The Bertz CT molecular complexity index is 627. The molecule has 6 nitrogen and oxygen atoms in total. The Kier molecular flexibility index (Phi) is 4.12. The number of sulfonamides is 1. The quantitative estimate of drug-likeness (QED) is 0.831. The van der Waals surface area contributed by atoms with Gasteiger partial charge in [0.15, 0.2) is 0 Å². The lowest BCUT2D eigenvalue weighted by atomic mass is 10.1. The number of nitrogens with zero attached hydrogens (tertiary/aromatic N) is 1. The number of nitrogens with two attached hydrogens (primary N) is 1. The van der Waals surface area contributed by atoms with Crippen molar-refractivity contribution in [2.24, 2.45) is 5.73 Å². The van der Waals surface area contributed by atoms with E-state index < -0.39 is 22.0 Å². The molecule has 2 rings (SSSR count). The molecule has 1 aromatic carbocycles. The maximum absolute atomic E-state index is 12.6. The molecular formula is C13H18N2O4S. The van der Waals surface area contributed by atoms with Crippen LogP contribution in [0.15, 0.2) is 23.1 Å². The Labute approximate surface area is 118 Å². The predicted molar refractivity (Wildman–Crippen MR) is 73.7 cm³/mol. The smallest absolute Gasteiger partial charge is 0.249 e. The lowest BCUT2D eigenvalue weighted by Crippen LogP contribution is -2.37. The van der Waals surface area contributed by atoms with Crippen LogP contribution in [0.25, 0.3) is 0 Å². The number of amides is 1. The minimum Gasteiger partial charge on any atom is -0.395 e. The summed E-state index contributed by atoms with van der Waals surface area (Å²) in [6.45, 7) is 1.88. The monoisotopic (exact) mass is 298 g/mol. The zero-order chi connectivity index (χ0) is 14.9. The number of aliphatic hydroxyl groups excluding tert-OH is 1. The normalized spacial score (nSPS) is 20.2. The molecule has 0 saturated carbocycles. The maximum Gasteiger partial charge on any atom is 0.249 e. The third kappa shape index (κ3) is 2.56. The third-order valence-corrected chi connectivity index (χ3v) is 5.56. The molecule has 1 fully saturated rings. The van der Waals surface area contributed by atoms with E-state index in [0.29, 0.717) is 18.5 Å². The summed E-state index contributed by atoms with van der Waals surface area (Å²) in [6, 6.07) is 3.94. The highest BCUT2D eigenvalue weighted by atomic mass is 32.2. The number of rotatable bonds is 4. The van der Waals surface area contributed by atoms with Crippen LogP contribution < -0.4 is 5.73 Å². The second kappa shape index (κ2) is 5.51. The molecule has 0 spiro atoms. The number of carbonyl (C=O) groups excluding carboxylic acids is 1. The molecule has 7 heteroatoms. The highest BCUT2D eigenvalue weighted by Crippen LogP contribution is 2.26. The van der Waals surface area contributed by atoms with Gasteiger partial charge in [-0.1, -0.05) is 6.07 Å². The van der Waals surface area contributed by atoms with Gasteiger partial charge in [0.1, 0.15) is 0 Å². The number of primary amides is 1. The van der Waals surface area contributed by atoms with Gasteiger partial charge in [0, 0.05) is 18.2 Å². The Morgan fingerprint density at radius 3 is 2.80 bits per heavy atom. The maximum atomic E-state index is 12.6. The summed E-state index contributed by atoms with van der Waals surface area (Å²) < 4.78 is 26.4. The van der Waals surface area contributed by atoms with Crippen molar-refractivity contribution >= 4 is 15.9 Å². The molecule has 1 aliphatic heterocycles.